The van der Waals surface area contributed by atoms with Crippen molar-refractivity contribution < 1.29 is 19.1 Å². The number of methoxy groups -OCH3 is 1. The van der Waals surface area contributed by atoms with Gasteiger partial charge in [0.2, 0.25) is 5.44 Å². The molecule has 2 rings (SSSR count). The van der Waals surface area contributed by atoms with Crippen LogP contribution in [0.15, 0.2) is 34.0 Å². The quantitative estimate of drug-likeness (QED) is 0.372. The summed E-state index contributed by atoms with van der Waals surface area (Å²) in [6, 6.07) is 5.46. The number of oxime groups is 1. The molecule has 0 radical (unpaired) electrons. The zero-order valence-electron chi connectivity index (χ0n) is 15.8. The van der Waals surface area contributed by atoms with Crippen LogP contribution in [0.4, 0.5) is 0 Å². The van der Waals surface area contributed by atoms with Crippen LogP contribution in [0, 0.1) is 0 Å². The van der Waals surface area contributed by atoms with E-state index in [4.69, 9.17) is 9.47 Å². The van der Waals surface area contributed by atoms with Gasteiger partial charge in [0.15, 0.2) is 0 Å². The van der Waals surface area contributed by atoms with Gasteiger partial charge in [-0.25, -0.2) is 0 Å². The summed E-state index contributed by atoms with van der Waals surface area (Å²) in [5.41, 5.74) is -0.710. The Bertz CT molecular complexity index is 845. The van der Waals surface area contributed by atoms with E-state index in [1.807, 2.05) is 26.0 Å². The van der Waals surface area contributed by atoms with Crippen LogP contribution >= 0.6 is 27.7 Å². The summed E-state index contributed by atoms with van der Waals surface area (Å²) in [5.74, 6) is 0.807. The van der Waals surface area contributed by atoms with Crippen LogP contribution in [0.2, 0.25) is 0 Å². The number of hydrogen-bond acceptors (Lipinski definition) is 7. The number of nitrogens with zero attached hydrogens (tertiary/aromatic N) is 2. The molecule has 0 aliphatic heterocycles. The van der Waals surface area contributed by atoms with Crippen molar-refractivity contribution in [3.8, 4) is 11.5 Å². The molecule has 1 aromatic heterocycles. The highest BCUT2D eigenvalue weighted by atomic mass is 79.9. The molecule has 146 valence electrons. The van der Waals surface area contributed by atoms with E-state index in [1.54, 1.807) is 25.6 Å². The van der Waals surface area contributed by atoms with E-state index < -0.39 is 11.0 Å². The number of amides is 1. The van der Waals surface area contributed by atoms with Gasteiger partial charge in [0.05, 0.1) is 18.9 Å². The van der Waals surface area contributed by atoms with Gasteiger partial charge >= 0.3 is 0 Å². The van der Waals surface area contributed by atoms with Crippen molar-refractivity contribution in [1.29, 1.82) is 0 Å². The first-order valence-electron chi connectivity index (χ1n) is 8.02. The van der Waals surface area contributed by atoms with E-state index in [0.717, 1.165) is 15.4 Å². The van der Waals surface area contributed by atoms with Gasteiger partial charge in [0.25, 0.3) is 5.91 Å². The third-order valence-electron chi connectivity index (χ3n) is 3.51. The van der Waals surface area contributed by atoms with Crippen LogP contribution in [-0.4, -0.2) is 48.6 Å². The summed E-state index contributed by atoms with van der Waals surface area (Å²) in [6.45, 7) is 3.63. The Morgan fingerprint density at radius 3 is 2.74 bits per heavy atom. The third kappa shape index (κ3) is 5.74. The molecule has 0 saturated heterocycles. The minimum Gasteiger partial charge on any atom is -0.494 e. The van der Waals surface area contributed by atoms with Gasteiger partial charge in [0, 0.05) is 22.1 Å². The summed E-state index contributed by atoms with van der Waals surface area (Å²) in [7, 11) is 3.02. The molecule has 0 aliphatic rings. The molecular formula is C18H22BrN3O4S. The van der Waals surface area contributed by atoms with Crippen molar-refractivity contribution in [2.45, 2.75) is 24.8 Å². The van der Waals surface area contributed by atoms with Crippen molar-refractivity contribution in [3.63, 3.8) is 0 Å². The Labute approximate surface area is 171 Å². The molecule has 2 aromatic rings. The summed E-state index contributed by atoms with van der Waals surface area (Å²) >= 11 is 4.69. The number of pyridine rings is 1. The summed E-state index contributed by atoms with van der Waals surface area (Å²) in [4.78, 5) is 21.7. The fraction of sp³-hybridized carbons (Fsp3) is 0.389. The second kappa shape index (κ2) is 9.27. The van der Waals surface area contributed by atoms with Gasteiger partial charge in [-0.05, 0) is 48.2 Å². The molecule has 0 saturated carbocycles. The maximum absolute atomic E-state index is 12.6. The minimum atomic E-state index is -0.748. The molecule has 0 aliphatic carbocycles. The molecule has 1 unspecified atom stereocenters. The average Bonchev–Trinajstić information content (AvgIpc) is 2.62. The predicted octanol–water partition coefficient (Wildman–Crippen LogP) is 3.60. The molecule has 9 heteroatoms. The number of thioether (sulfide) groups is 1. The van der Waals surface area contributed by atoms with Crippen molar-refractivity contribution in [2.24, 2.45) is 5.16 Å². The Balaban J connectivity index is 2.25. The maximum atomic E-state index is 12.6. The number of benzene rings is 1. The predicted molar refractivity (Wildman–Crippen MR) is 112 cm³/mol. The number of carbonyl (C=O) groups excluding carboxylic acids is 1. The largest absolute Gasteiger partial charge is 0.494 e. The SMILES string of the molecule is CON=CC(C)(C)NC(=O)C(Oc1cc(OC)c2ncc(Br)cc2c1)SC. The number of fused-ring (bicyclic) bond motifs is 1. The lowest BCUT2D eigenvalue weighted by Crippen LogP contribution is -2.49. The van der Waals surface area contributed by atoms with E-state index in [0.29, 0.717) is 11.5 Å². The summed E-state index contributed by atoms with van der Waals surface area (Å²) < 4.78 is 12.2. The van der Waals surface area contributed by atoms with Gasteiger partial charge in [-0.15, -0.1) is 11.8 Å². The number of halogens is 1. The number of carbonyl (C=O) groups is 1. The lowest BCUT2D eigenvalue weighted by molar-refractivity contribution is -0.125. The molecule has 1 atom stereocenters. The number of hydrogen-bond donors (Lipinski definition) is 1. The number of aromatic nitrogens is 1. The highest BCUT2D eigenvalue weighted by Crippen LogP contribution is 2.32. The van der Waals surface area contributed by atoms with E-state index in [-0.39, 0.29) is 5.91 Å². The summed E-state index contributed by atoms with van der Waals surface area (Å²) in [6.07, 6.45) is 5.02. The Morgan fingerprint density at radius 2 is 2.11 bits per heavy atom. The van der Waals surface area contributed by atoms with Crippen molar-refractivity contribution >= 4 is 50.7 Å². The van der Waals surface area contributed by atoms with Gasteiger partial charge in [0.1, 0.15) is 24.1 Å². The van der Waals surface area contributed by atoms with E-state index in [9.17, 15) is 4.79 Å². The number of ether oxygens (including phenoxy) is 2. The third-order valence-corrected chi connectivity index (χ3v) is 4.68. The van der Waals surface area contributed by atoms with Crippen molar-refractivity contribution in [3.05, 3.63) is 28.9 Å². The fourth-order valence-electron chi connectivity index (χ4n) is 2.31. The van der Waals surface area contributed by atoms with Crippen LogP contribution in [0.25, 0.3) is 10.9 Å². The molecule has 7 nitrogen and oxygen atoms in total. The van der Waals surface area contributed by atoms with E-state index in [2.05, 4.69) is 36.2 Å². The standard InChI is InChI=1S/C18H22BrN3O4S/c1-18(2,10-21-25-4)22-16(23)17(27-5)26-13-7-11-6-12(19)9-20-15(11)14(8-13)24-3/h6-10,17H,1-5H3,(H,22,23). The second-order valence-electron chi connectivity index (χ2n) is 6.16. The molecular weight excluding hydrogens is 434 g/mol. The van der Waals surface area contributed by atoms with E-state index in [1.165, 1.54) is 25.1 Å². The normalized spacial score (nSPS) is 12.8. The first kappa shape index (κ1) is 21.3. The topological polar surface area (TPSA) is 82.0 Å². The molecule has 1 aromatic carbocycles. The highest BCUT2D eigenvalue weighted by Gasteiger charge is 2.26. The van der Waals surface area contributed by atoms with Gasteiger partial charge in [-0.3, -0.25) is 9.78 Å². The molecule has 1 N–H and O–H groups in total. The van der Waals surface area contributed by atoms with Crippen LogP contribution < -0.4 is 14.8 Å². The Morgan fingerprint density at radius 1 is 1.37 bits per heavy atom. The van der Waals surface area contributed by atoms with Crippen LogP contribution in [0.3, 0.4) is 0 Å². The first-order valence-corrected chi connectivity index (χ1v) is 10.1. The van der Waals surface area contributed by atoms with Crippen LogP contribution in [-0.2, 0) is 9.63 Å². The highest BCUT2D eigenvalue weighted by molar-refractivity contribution is 9.10. The van der Waals surface area contributed by atoms with Gasteiger partial charge in [-0.2, -0.15) is 0 Å². The van der Waals surface area contributed by atoms with Crippen molar-refractivity contribution in [2.75, 3.05) is 20.5 Å². The van der Waals surface area contributed by atoms with Crippen LogP contribution in [0.1, 0.15) is 13.8 Å². The zero-order chi connectivity index (χ0) is 20.0. The monoisotopic (exact) mass is 455 g/mol. The molecule has 0 bridgehead atoms. The minimum absolute atomic E-state index is 0.276. The molecule has 1 amide bonds. The average molecular weight is 456 g/mol. The number of nitrogens with one attached hydrogen (secondary N) is 1. The molecule has 0 spiro atoms. The second-order valence-corrected chi connectivity index (χ2v) is 7.98. The van der Waals surface area contributed by atoms with Crippen LogP contribution in [0.5, 0.6) is 11.5 Å². The van der Waals surface area contributed by atoms with E-state index >= 15 is 0 Å². The molecule has 1 heterocycles. The zero-order valence-corrected chi connectivity index (χ0v) is 18.2. The number of rotatable bonds is 8. The van der Waals surface area contributed by atoms with Crippen molar-refractivity contribution in [1.82, 2.24) is 10.3 Å². The van der Waals surface area contributed by atoms with Gasteiger partial charge in [-0.1, -0.05) is 5.16 Å². The maximum Gasteiger partial charge on any atom is 0.272 e. The smallest absolute Gasteiger partial charge is 0.272 e. The lowest BCUT2D eigenvalue weighted by atomic mass is 10.1. The fourth-order valence-corrected chi connectivity index (χ4v) is 3.14. The molecule has 27 heavy (non-hydrogen) atoms. The van der Waals surface area contributed by atoms with Gasteiger partial charge < -0.3 is 19.6 Å². The molecule has 0 fully saturated rings. The summed E-state index contributed by atoms with van der Waals surface area (Å²) in [5, 5.41) is 7.43. The Kier molecular flexibility index (Phi) is 7.32. The Hall–Kier alpha value is -2.00. The first-order chi connectivity index (χ1) is 12.8. The lowest BCUT2D eigenvalue weighted by Gasteiger charge is -2.24.